The minimum Gasteiger partial charge on any atom is -0.497 e. The van der Waals surface area contributed by atoms with Crippen LogP contribution in [-0.2, 0) is 0 Å². The van der Waals surface area contributed by atoms with E-state index in [1.165, 1.54) is 0 Å². The minimum absolute atomic E-state index is 0.542. The Morgan fingerprint density at radius 1 is 1.07 bits per heavy atom. The molecule has 7 heteroatoms. The summed E-state index contributed by atoms with van der Waals surface area (Å²) in [4.78, 5) is 9.38. The molecule has 5 rings (SSSR count). The highest BCUT2D eigenvalue weighted by Crippen LogP contribution is 2.31. The largest absolute Gasteiger partial charge is 0.497 e. The molecule has 0 amide bonds. The van der Waals surface area contributed by atoms with Crippen molar-refractivity contribution in [3.63, 3.8) is 0 Å². The molecule has 134 valence electrons. The van der Waals surface area contributed by atoms with E-state index in [1.807, 2.05) is 36.4 Å². The van der Waals surface area contributed by atoms with Crippen LogP contribution in [0.15, 0.2) is 53.4 Å². The van der Waals surface area contributed by atoms with E-state index in [4.69, 9.17) is 14.1 Å². The lowest BCUT2D eigenvalue weighted by atomic mass is 10.2. The Balaban J connectivity index is 1.81. The molecule has 0 aliphatic carbocycles. The SMILES string of the molecule is COc1cccc(-n2c(C)c(C)c3c2ncn2nc(-c4ccco4)nc32)c1. The number of furan rings is 1. The van der Waals surface area contributed by atoms with Gasteiger partial charge in [-0.05, 0) is 43.7 Å². The van der Waals surface area contributed by atoms with Crippen LogP contribution < -0.4 is 4.74 Å². The van der Waals surface area contributed by atoms with Gasteiger partial charge in [0.15, 0.2) is 17.1 Å². The monoisotopic (exact) mass is 359 g/mol. The van der Waals surface area contributed by atoms with Crippen LogP contribution in [0.25, 0.3) is 34.0 Å². The number of methoxy groups -OCH3 is 1. The fourth-order valence-electron chi connectivity index (χ4n) is 3.44. The molecule has 0 unspecified atom stereocenters. The maximum absolute atomic E-state index is 5.44. The first kappa shape index (κ1) is 15.6. The molecule has 0 saturated heterocycles. The van der Waals surface area contributed by atoms with Gasteiger partial charge in [0.25, 0.3) is 0 Å². The number of aryl methyl sites for hydroxylation is 1. The summed E-state index contributed by atoms with van der Waals surface area (Å²) in [5, 5.41) is 5.48. The zero-order chi connectivity index (χ0) is 18.5. The van der Waals surface area contributed by atoms with E-state index in [9.17, 15) is 0 Å². The first-order valence-corrected chi connectivity index (χ1v) is 8.58. The number of hydrogen-bond donors (Lipinski definition) is 0. The first-order chi connectivity index (χ1) is 13.2. The van der Waals surface area contributed by atoms with Gasteiger partial charge in [0.05, 0.1) is 24.4 Å². The Morgan fingerprint density at radius 2 is 1.96 bits per heavy atom. The van der Waals surface area contributed by atoms with Gasteiger partial charge in [0, 0.05) is 11.8 Å². The summed E-state index contributed by atoms with van der Waals surface area (Å²) in [5.74, 6) is 1.98. The molecule has 0 aliphatic rings. The minimum atomic E-state index is 0.542. The summed E-state index contributed by atoms with van der Waals surface area (Å²) in [7, 11) is 1.67. The first-order valence-electron chi connectivity index (χ1n) is 8.58. The number of fused-ring (bicyclic) bond motifs is 3. The van der Waals surface area contributed by atoms with Crippen molar-refractivity contribution in [1.29, 1.82) is 0 Å². The fraction of sp³-hybridized carbons (Fsp3) is 0.150. The Bertz CT molecular complexity index is 1280. The molecule has 0 radical (unpaired) electrons. The standard InChI is InChI=1S/C20H17N5O2/c1-12-13(2)25(14-6-4-7-15(10-14)26-3)19-17(12)20-22-18(16-8-5-9-27-16)23-24(20)11-21-19/h4-11H,1-3H3. The molecule has 0 spiro atoms. The lowest BCUT2D eigenvalue weighted by molar-refractivity contribution is 0.414. The van der Waals surface area contributed by atoms with Crippen molar-refractivity contribution in [2.24, 2.45) is 0 Å². The van der Waals surface area contributed by atoms with Gasteiger partial charge in [-0.2, -0.15) is 0 Å². The van der Waals surface area contributed by atoms with E-state index >= 15 is 0 Å². The molecule has 4 heterocycles. The molecular formula is C20H17N5O2. The summed E-state index contributed by atoms with van der Waals surface area (Å²) < 4.78 is 14.6. The predicted molar refractivity (Wildman–Crippen MR) is 101 cm³/mol. The Labute approximate surface area is 154 Å². The van der Waals surface area contributed by atoms with Crippen molar-refractivity contribution >= 4 is 16.7 Å². The van der Waals surface area contributed by atoms with Gasteiger partial charge in [0.2, 0.25) is 5.82 Å². The van der Waals surface area contributed by atoms with Crippen LogP contribution in [-0.4, -0.2) is 31.3 Å². The molecule has 7 nitrogen and oxygen atoms in total. The summed E-state index contributed by atoms with van der Waals surface area (Å²) >= 11 is 0. The second kappa shape index (κ2) is 5.70. The summed E-state index contributed by atoms with van der Waals surface area (Å²) in [6.07, 6.45) is 3.30. The van der Waals surface area contributed by atoms with Gasteiger partial charge in [-0.25, -0.2) is 14.5 Å². The van der Waals surface area contributed by atoms with Crippen LogP contribution >= 0.6 is 0 Å². The molecular weight excluding hydrogens is 342 g/mol. The average Bonchev–Trinajstić information content (AvgIpc) is 3.40. The molecule has 1 aromatic carbocycles. The third-order valence-corrected chi connectivity index (χ3v) is 4.89. The lowest BCUT2D eigenvalue weighted by Gasteiger charge is -2.09. The Kier molecular flexibility index (Phi) is 3.30. The molecule has 0 bridgehead atoms. The van der Waals surface area contributed by atoms with Gasteiger partial charge in [0.1, 0.15) is 12.1 Å². The molecule has 0 N–H and O–H groups in total. The van der Waals surface area contributed by atoms with Crippen LogP contribution in [0.2, 0.25) is 0 Å². The Morgan fingerprint density at radius 3 is 2.74 bits per heavy atom. The second-order valence-electron chi connectivity index (χ2n) is 6.37. The van der Waals surface area contributed by atoms with Crippen LogP contribution in [0.5, 0.6) is 5.75 Å². The number of hydrogen-bond acceptors (Lipinski definition) is 5. The van der Waals surface area contributed by atoms with Crippen LogP contribution in [0.3, 0.4) is 0 Å². The third kappa shape index (κ3) is 2.25. The molecule has 0 saturated carbocycles. The van der Waals surface area contributed by atoms with Crippen LogP contribution in [0.4, 0.5) is 0 Å². The number of ether oxygens (including phenoxy) is 1. The summed E-state index contributed by atoms with van der Waals surface area (Å²) in [6.45, 7) is 4.16. The number of nitrogens with zero attached hydrogens (tertiary/aromatic N) is 5. The highest BCUT2D eigenvalue weighted by Gasteiger charge is 2.20. The molecule has 0 fully saturated rings. The maximum Gasteiger partial charge on any atom is 0.217 e. The lowest BCUT2D eigenvalue weighted by Crippen LogP contribution is -1.99. The summed E-state index contributed by atoms with van der Waals surface area (Å²) in [5.41, 5.74) is 4.80. The van der Waals surface area contributed by atoms with Gasteiger partial charge in [-0.15, -0.1) is 5.10 Å². The highest BCUT2D eigenvalue weighted by molar-refractivity contribution is 5.95. The zero-order valence-electron chi connectivity index (χ0n) is 15.2. The quantitative estimate of drug-likeness (QED) is 0.488. The van der Waals surface area contributed by atoms with E-state index in [1.54, 1.807) is 24.2 Å². The smallest absolute Gasteiger partial charge is 0.217 e. The van der Waals surface area contributed by atoms with Gasteiger partial charge in [-0.1, -0.05) is 6.07 Å². The van der Waals surface area contributed by atoms with Crippen molar-refractivity contribution in [3.8, 4) is 23.0 Å². The number of benzene rings is 1. The normalized spacial score (nSPS) is 11.5. The van der Waals surface area contributed by atoms with Crippen molar-refractivity contribution < 1.29 is 9.15 Å². The van der Waals surface area contributed by atoms with Gasteiger partial charge < -0.3 is 9.15 Å². The van der Waals surface area contributed by atoms with E-state index in [0.29, 0.717) is 11.6 Å². The van der Waals surface area contributed by atoms with Gasteiger partial charge in [-0.3, -0.25) is 4.57 Å². The van der Waals surface area contributed by atoms with Crippen molar-refractivity contribution in [2.75, 3.05) is 7.11 Å². The molecule has 5 aromatic rings. The molecule has 4 aromatic heterocycles. The van der Waals surface area contributed by atoms with Crippen molar-refractivity contribution in [3.05, 3.63) is 60.2 Å². The highest BCUT2D eigenvalue weighted by atomic mass is 16.5. The Hall–Kier alpha value is -3.61. The zero-order valence-corrected chi connectivity index (χ0v) is 15.2. The molecule has 0 aliphatic heterocycles. The third-order valence-electron chi connectivity index (χ3n) is 4.89. The van der Waals surface area contributed by atoms with E-state index in [0.717, 1.165) is 39.4 Å². The van der Waals surface area contributed by atoms with Crippen molar-refractivity contribution in [1.82, 2.24) is 24.1 Å². The van der Waals surface area contributed by atoms with E-state index in [2.05, 4.69) is 28.5 Å². The van der Waals surface area contributed by atoms with Crippen molar-refractivity contribution in [2.45, 2.75) is 13.8 Å². The average molecular weight is 359 g/mol. The van der Waals surface area contributed by atoms with Gasteiger partial charge >= 0.3 is 0 Å². The molecule has 0 atom stereocenters. The van der Waals surface area contributed by atoms with E-state index in [-0.39, 0.29) is 0 Å². The molecule has 27 heavy (non-hydrogen) atoms. The number of aromatic nitrogens is 5. The van der Waals surface area contributed by atoms with Crippen LogP contribution in [0, 0.1) is 13.8 Å². The van der Waals surface area contributed by atoms with E-state index < -0.39 is 0 Å². The maximum atomic E-state index is 5.44. The summed E-state index contributed by atoms with van der Waals surface area (Å²) in [6, 6.07) is 11.6. The van der Waals surface area contributed by atoms with Crippen LogP contribution in [0.1, 0.15) is 11.3 Å². The topological polar surface area (TPSA) is 70.4 Å². The number of rotatable bonds is 3. The predicted octanol–water partition coefficient (Wildman–Crippen LogP) is 3.95. The fourth-order valence-corrected chi connectivity index (χ4v) is 3.44. The second-order valence-corrected chi connectivity index (χ2v) is 6.37.